The van der Waals surface area contributed by atoms with Gasteiger partial charge in [-0.15, -0.1) is 11.3 Å². The van der Waals surface area contributed by atoms with Crippen LogP contribution in [0.2, 0.25) is 0 Å². The monoisotopic (exact) mass is 511 g/mol. The third-order valence-corrected chi connectivity index (χ3v) is 8.29. The lowest BCUT2D eigenvalue weighted by Crippen LogP contribution is -2.35. The lowest BCUT2D eigenvalue weighted by molar-refractivity contribution is 0.0909. The molecule has 1 aromatic carbocycles. The molecule has 3 heterocycles. The summed E-state index contributed by atoms with van der Waals surface area (Å²) in [5, 5.41) is 0.638. The molecule has 0 atom stereocenters. The van der Waals surface area contributed by atoms with Crippen LogP contribution in [-0.4, -0.2) is 20.3 Å². The Hall–Kier alpha value is -3.38. The van der Waals surface area contributed by atoms with E-state index in [2.05, 4.69) is 50.9 Å². The largest absolute Gasteiger partial charge is 0.294 e. The topological polar surface area (TPSA) is 64.8 Å². The van der Waals surface area contributed by atoms with Crippen molar-refractivity contribution in [2.75, 3.05) is 0 Å². The number of carbonyl (C=O) groups is 1. The van der Waals surface area contributed by atoms with Gasteiger partial charge in [0.05, 0.1) is 16.9 Å². The first-order chi connectivity index (χ1) is 17.6. The van der Waals surface area contributed by atoms with Crippen LogP contribution < -0.4 is 5.56 Å². The highest BCUT2D eigenvalue weighted by Gasteiger charge is 2.35. The molecule has 0 amide bonds. The van der Waals surface area contributed by atoms with E-state index in [1.807, 2.05) is 36.7 Å². The number of carbonyl (C=O) groups excluding carboxylic acids is 1. The Labute approximate surface area is 222 Å². The lowest BCUT2D eigenvalue weighted by atomic mass is 9.75. The molecule has 5 nitrogen and oxygen atoms in total. The fourth-order valence-corrected chi connectivity index (χ4v) is 6.34. The Morgan fingerprint density at radius 1 is 0.973 bits per heavy atom. The molecule has 0 saturated carbocycles. The van der Waals surface area contributed by atoms with Gasteiger partial charge in [-0.1, -0.05) is 45.9 Å². The average molecular weight is 512 g/mol. The minimum Gasteiger partial charge on any atom is -0.294 e. The molecule has 0 saturated heterocycles. The van der Waals surface area contributed by atoms with E-state index in [-0.39, 0.29) is 16.8 Å². The Morgan fingerprint density at radius 2 is 1.68 bits per heavy atom. The van der Waals surface area contributed by atoms with Gasteiger partial charge >= 0.3 is 0 Å². The fourth-order valence-electron chi connectivity index (χ4n) is 5.39. The van der Waals surface area contributed by atoms with Gasteiger partial charge in [-0.25, -0.2) is 4.98 Å². The number of thiazole rings is 1. The quantitative estimate of drug-likeness (QED) is 0.292. The fraction of sp³-hybridized carbons (Fsp3) is 0.355. The summed E-state index contributed by atoms with van der Waals surface area (Å²) >= 11 is 1.49. The number of ketones is 1. The molecule has 0 spiro atoms. The molecule has 6 heteroatoms. The summed E-state index contributed by atoms with van der Waals surface area (Å²) in [5.41, 5.74) is 7.47. The van der Waals surface area contributed by atoms with Gasteiger partial charge < -0.3 is 0 Å². The van der Waals surface area contributed by atoms with Crippen molar-refractivity contribution in [1.82, 2.24) is 14.5 Å². The van der Waals surface area contributed by atoms with Crippen LogP contribution in [0, 0.1) is 19.3 Å². The van der Waals surface area contributed by atoms with E-state index in [4.69, 9.17) is 4.98 Å². The maximum Gasteiger partial charge on any atom is 0.265 e. The summed E-state index contributed by atoms with van der Waals surface area (Å²) in [6.45, 7) is 12.4. The molecule has 1 aliphatic rings. The van der Waals surface area contributed by atoms with Crippen LogP contribution in [0.15, 0.2) is 47.4 Å². The predicted molar refractivity (Wildman–Crippen MR) is 151 cm³/mol. The van der Waals surface area contributed by atoms with Crippen LogP contribution >= 0.6 is 11.3 Å². The molecule has 4 aromatic rings. The molecule has 5 rings (SSSR count). The molecule has 0 radical (unpaired) electrons. The van der Waals surface area contributed by atoms with Crippen molar-refractivity contribution in [3.63, 3.8) is 0 Å². The second kappa shape index (κ2) is 9.49. The zero-order valence-electron chi connectivity index (χ0n) is 22.4. The van der Waals surface area contributed by atoms with Gasteiger partial charge in [0.25, 0.3) is 5.56 Å². The van der Waals surface area contributed by atoms with Crippen LogP contribution in [0.3, 0.4) is 0 Å². The summed E-state index contributed by atoms with van der Waals surface area (Å²) in [6.07, 6.45) is 4.55. The number of hydrogen-bond acceptors (Lipinski definition) is 5. The number of pyridine rings is 2. The van der Waals surface area contributed by atoms with Crippen molar-refractivity contribution in [2.45, 2.75) is 67.2 Å². The average Bonchev–Trinajstić information content (AvgIpc) is 3.24. The van der Waals surface area contributed by atoms with Gasteiger partial charge in [0.15, 0.2) is 5.78 Å². The summed E-state index contributed by atoms with van der Waals surface area (Å²) in [7, 11) is 0. The maximum atomic E-state index is 14.4. The van der Waals surface area contributed by atoms with Crippen molar-refractivity contribution in [3.05, 3.63) is 85.9 Å². The summed E-state index contributed by atoms with van der Waals surface area (Å²) in [6, 6.07) is 12.0. The summed E-state index contributed by atoms with van der Waals surface area (Å²) in [4.78, 5) is 38.2. The summed E-state index contributed by atoms with van der Waals surface area (Å²) < 4.78 is 1.85. The molecule has 0 unspecified atom stereocenters. The van der Waals surface area contributed by atoms with Gasteiger partial charge in [-0.3, -0.25) is 19.1 Å². The Morgan fingerprint density at radius 3 is 2.30 bits per heavy atom. The molecule has 0 bridgehead atoms. The van der Waals surface area contributed by atoms with Gasteiger partial charge in [0.2, 0.25) is 0 Å². The van der Waals surface area contributed by atoms with Crippen molar-refractivity contribution >= 4 is 17.1 Å². The maximum absolute atomic E-state index is 14.4. The normalized spacial score (nSPS) is 14.6. The molecule has 0 N–H and O–H groups in total. The highest BCUT2D eigenvalue weighted by Crippen LogP contribution is 2.39. The molecule has 0 aliphatic heterocycles. The van der Waals surface area contributed by atoms with Crippen LogP contribution in [0.4, 0.5) is 0 Å². The Bertz CT molecular complexity index is 1550. The predicted octanol–water partition coefficient (Wildman–Crippen LogP) is 6.92. The van der Waals surface area contributed by atoms with Gasteiger partial charge in [0.1, 0.15) is 5.01 Å². The highest BCUT2D eigenvalue weighted by atomic mass is 32.1. The SMILES string of the molecule is CCc1cccc(CC)c1-n1c2c(cc(-c3nc(-c4ccc(C)nc4)c(C)s3)c1=O)C(=O)CC(C)(C)C2. The third kappa shape index (κ3) is 4.48. The number of para-hydroxylation sites is 1. The second-order valence-corrected chi connectivity index (χ2v) is 11.9. The van der Waals surface area contributed by atoms with E-state index in [0.717, 1.165) is 57.2 Å². The van der Waals surface area contributed by atoms with Gasteiger partial charge in [0, 0.05) is 40.0 Å². The van der Waals surface area contributed by atoms with E-state index in [1.165, 1.54) is 11.3 Å². The van der Waals surface area contributed by atoms with E-state index in [9.17, 15) is 9.59 Å². The molecule has 37 heavy (non-hydrogen) atoms. The number of benzene rings is 1. The molecule has 190 valence electrons. The second-order valence-electron chi connectivity index (χ2n) is 10.7. The van der Waals surface area contributed by atoms with E-state index >= 15 is 0 Å². The Balaban J connectivity index is 1.81. The van der Waals surface area contributed by atoms with Crippen LogP contribution in [0.25, 0.3) is 27.5 Å². The molecule has 3 aromatic heterocycles. The minimum atomic E-state index is -0.212. The zero-order chi connectivity index (χ0) is 26.5. The minimum absolute atomic E-state index is 0.0875. The highest BCUT2D eigenvalue weighted by molar-refractivity contribution is 7.15. The molecular formula is C31H33N3O2S. The molecular weight excluding hydrogens is 478 g/mol. The number of fused-ring (bicyclic) bond motifs is 1. The number of nitrogens with zero attached hydrogens (tertiary/aromatic N) is 3. The Kier molecular flexibility index (Phi) is 6.48. The van der Waals surface area contributed by atoms with Crippen molar-refractivity contribution in [2.24, 2.45) is 5.41 Å². The number of rotatable bonds is 5. The first kappa shape index (κ1) is 25.3. The van der Waals surface area contributed by atoms with E-state index < -0.39 is 0 Å². The van der Waals surface area contributed by atoms with Gasteiger partial charge in [-0.05, 0) is 67.9 Å². The van der Waals surface area contributed by atoms with Crippen molar-refractivity contribution in [1.29, 1.82) is 0 Å². The first-order valence-electron chi connectivity index (χ1n) is 13.0. The molecule has 1 aliphatic carbocycles. The molecule has 0 fully saturated rings. The number of hydrogen-bond donors (Lipinski definition) is 0. The lowest BCUT2D eigenvalue weighted by Gasteiger charge is -2.33. The van der Waals surface area contributed by atoms with Crippen LogP contribution in [0.5, 0.6) is 0 Å². The smallest absolute Gasteiger partial charge is 0.265 e. The summed E-state index contributed by atoms with van der Waals surface area (Å²) in [5.74, 6) is 0.0875. The van der Waals surface area contributed by atoms with Gasteiger partial charge in [-0.2, -0.15) is 0 Å². The number of aryl methyl sites for hydroxylation is 4. The number of aromatic nitrogens is 3. The standard InChI is InChI=1S/C31H33N3O2S/c1-7-20-10-9-11-21(8-2)28(20)34-25-15-31(5,6)16-26(35)23(25)14-24(30(34)36)29-33-27(19(4)37-29)22-13-12-18(3)32-17-22/h9-14,17H,7-8,15-16H2,1-6H3. The number of Topliss-reactive ketones (excluding diaryl/α,β-unsaturated/α-hetero) is 1. The first-order valence-corrected chi connectivity index (χ1v) is 13.8. The van der Waals surface area contributed by atoms with Crippen LogP contribution in [-0.2, 0) is 19.3 Å². The van der Waals surface area contributed by atoms with Crippen LogP contribution in [0.1, 0.15) is 71.9 Å². The third-order valence-electron chi connectivity index (χ3n) is 7.29. The van der Waals surface area contributed by atoms with E-state index in [1.54, 1.807) is 6.07 Å². The van der Waals surface area contributed by atoms with Crippen molar-refractivity contribution < 1.29 is 4.79 Å². The zero-order valence-corrected chi connectivity index (χ0v) is 23.3. The van der Waals surface area contributed by atoms with Crippen molar-refractivity contribution in [3.8, 4) is 27.5 Å². The van der Waals surface area contributed by atoms with E-state index in [0.29, 0.717) is 29.0 Å².